The molecule has 4 rings (SSSR count). The number of carbonyl (C=O) groups excluding carboxylic acids is 1. The summed E-state index contributed by atoms with van der Waals surface area (Å²) in [5.41, 5.74) is 5.19. The minimum atomic E-state index is 0.179. The lowest BCUT2D eigenvalue weighted by Crippen LogP contribution is -1.96. The van der Waals surface area contributed by atoms with Gasteiger partial charge in [0.15, 0.2) is 5.82 Å². The molecule has 0 spiro atoms. The van der Waals surface area contributed by atoms with Crippen LogP contribution in [0.25, 0.3) is 11.0 Å². The van der Waals surface area contributed by atoms with Gasteiger partial charge < -0.3 is 4.98 Å². The summed E-state index contributed by atoms with van der Waals surface area (Å²) in [4.78, 5) is 26.2. The lowest BCUT2D eigenvalue weighted by atomic mass is 10.1. The van der Waals surface area contributed by atoms with E-state index in [2.05, 4.69) is 41.2 Å². The number of aromatic nitrogens is 2. The van der Waals surface area contributed by atoms with E-state index in [9.17, 15) is 4.79 Å². The van der Waals surface area contributed by atoms with E-state index < -0.39 is 0 Å². The fraction of sp³-hybridized carbons (Fsp3) is 0.190. The SMILES string of the molecule is CC(=O)Cc1ccc(Sc2cccc3[nH]c(C4=NCC(C)=C4)nc23)cc1. The number of fused-ring (bicyclic) bond motifs is 1. The Kier molecular flexibility index (Phi) is 4.47. The number of rotatable bonds is 5. The zero-order chi connectivity index (χ0) is 18.1. The van der Waals surface area contributed by atoms with Gasteiger partial charge in [0.1, 0.15) is 17.0 Å². The van der Waals surface area contributed by atoms with Gasteiger partial charge in [0.05, 0.1) is 12.1 Å². The normalized spacial score (nSPS) is 13.8. The quantitative estimate of drug-likeness (QED) is 0.723. The molecule has 0 bridgehead atoms. The number of carbonyl (C=O) groups is 1. The highest BCUT2D eigenvalue weighted by Crippen LogP contribution is 2.33. The summed E-state index contributed by atoms with van der Waals surface area (Å²) in [6.07, 6.45) is 2.57. The second kappa shape index (κ2) is 6.92. The standard InChI is InChI=1S/C21H19N3OS/c1-13-10-18(22-12-13)21-23-17-4-3-5-19(20(17)24-21)26-16-8-6-15(7-9-16)11-14(2)25/h3-10H,11-12H2,1-2H3,(H,23,24). The van der Waals surface area contributed by atoms with Crippen LogP contribution in [0.15, 0.2) is 68.9 Å². The molecule has 130 valence electrons. The van der Waals surface area contributed by atoms with Crippen LogP contribution in [0.1, 0.15) is 25.2 Å². The number of H-pyrrole nitrogens is 1. The number of nitrogens with one attached hydrogen (secondary N) is 1. The number of hydrogen-bond acceptors (Lipinski definition) is 4. The van der Waals surface area contributed by atoms with Gasteiger partial charge in [-0.25, -0.2) is 4.98 Å². The summed E-state index contributed by atoms with van der Waals surface area (Å²) < 4.78 is 0. The third-order valence-corrected chi connectivity index (χ3v) is 5.26. The summed E-state index contributed by atoms with van der Waals surface area (Å²) in [7, 11) is 0. The van der Waals surface area contributed by atoms with E-state index in [1.807, 2.05) is 24.3 Å². The number of Topliss-reactive ketones (excluding diaryl/α,β-unsaturated/α-hetero) is 1. The molecule has 0 fully saturated rings. The molecule has 4 nitrogen and oxygen atoms in total. The minimum absolute atomic E-state index is 0.179. The highest BCUT2D eigenvalue weighted by molar-refractivity contribution is 7.99. The number of allylic oxidation sites excluding steroid dienone is 1. The van der Waals surface area contributed by atoms with Gasteiger partial charge in [-0.2, -0.15) is 0 Å². The molecular weight excluding hydrogens is 342 g/mol. The van der Waals surface area contributed by atoms with Gasteiger partial charge in [0.2, 0.25) is 0 Å². The van der Waals surface area contributed by atoms with Gasteiger partial charge in [0.25, 0.3) is 0 Å². The predicted molar refractivity (Wildman–Crippen MR) is 106 cm³/mol. The molecule has 0 saturated carbocycles. The number of aromatic amines is 1. The zero-order valence-corrected chi connectivity index (χ0v) is 15.6. The largest absolute Gasteiger partial charge is 0.337 e. The smallest absolute Gasteiger partial charge is 0.156 e. The molecular formula is C21H19N3OS. The first-order valence-electron chi connectivity index (χ1n) is 8.55. The number of aliphatic imine (C=N–C) groups is 1. The number of para-hydroxylation sites is 1. The minimum Gasteiger partial charge on any atom is -0.337 e. The van der Waals surface area contributed by atoms with Crippen molar-refractivity contribution in [2.24, 2.45) is 4.99 Å². The highest BCUT2D eigenvalue weighted by atomic mass is 32.2. The molecule has 1 aromatic heterocycles. The Morgan fingerprint density at radius 3 is 2.69 bits per heavy atom. The van der Waals surface area contributed by atoms with E-state index in [0.29, 0.717) is 6.42 Å². The van der Waals surface area contributed by atoms with Crippen LogP contribution >= 0.6 is 11.8 Å². The molecule has 2 heterocycles. The molecule has 26 heavy (non-hydrogen) atoms. The van der Waals surface area contributed by atoms with E-state index in [4.69, 9.17) is 4.98 Å². The van der Waals surface area contributed by atoms with Crippen molar-refractivity contribution in [3.8, 4) is 0 Å². The maximum atomic E-state index is 11.2. The number of nitrogens with zero attached hydrogens (tertiary/aromatic N) is 2. The van der Waals surface area contributed by atoms with Crippen LogP contribution in [0.3, 0.4) is 0 Å². The lowest BCUT2D eigenvalue weighted by Gasteiger charge is -2.04. The van der Waals surface area contributed by atoms with E-state index in [-0.39, 0.29) is 5.78 Å². The fourth-order valence-corrected chi connectivity index (χ4v) is 3.90. The second-order valence-corrected chi connectivity index (χ2v) is 7.67. The van der Waals surface area contributed by atoms with E-state index in [1.165, 1.54) is 5.57 Å². The van der Waals surface area contributed by atoms with Gasteiger partial charge in [0, 0.05) is 16.2 Å². The average Bonchev–Trinajstić information content (AvgIpc) is 3.23. The van der Waals surface area contributed by atoms with Crippen LogP contribution in [0, 0.1) is 0 Å². The van der Waals surface area contributed by atoms with Crippen LogP contribution in [-0.2, 0) is 11.2 Å². The summed E-state index contributed by atoms with van der Waals surface area (Å²) in [6, 6.07) is 14.3. The Morgan fingerprint density at radius 1 is 1.19 bits per heavy atom. The van der Waals surface area contributed by atoms with Gasteiger partial charge in [-0.3, -0.25) is 9.79 Å². The summed E-state index contributed by atoms with van der Waals surface area (Å²) in [5, 5.41) is 0. The number of imidazole rings is 1. The Hall–Kier alpha value is -2.66. The molecule has 1 aliphatic rings. The van der Waals surface area contributed by atoms with E-state index in [1.54, 1.807) is 18.7 Å². The maximum Gasteiger partial charge on any atom is 0.156 e. The monoisotopic (exact) mass is 361 g/mol. The topological polar surface area (TPSA) is 58.1 Å². The predicted octanol–water partition coefficient (Wildman–Crippen LogP) is 4.59. The Labute approximate surface area is 156 Å². The zero-order valence-electron chi connectivity index (χ0n) is 14.7. The fourth-order valence-electron chi connectivity index (χ4n) is 2.98. The molecule has 2 aromatic carbocycles. The molecule has 0 amide bonds. The van der Waals surface area contributed by atoms with Crippen molar-refractivity contribution in [3.05, 3.63) is 65.5 Å². The van der Waals surface area contributed by atoms with Crippen LogP contribution in [0.4, 0.5) is 0 Å². The molecule has 0 saturated heterocycles. The Balaban J connectivity index is 1.62. The van der Waals surface area contributed by atoms with Crippen molar-refractivity contribution in [1.82, 2.24) is 9.97 Å². The van der Waals surface area contributed by atoms with Crippen LogP contribution in [-0.4, -0.2) is 28.0 Å². The summed E-state index contributed by atoms with van der Waals surface area (Å²) in [6.45, 7) is 4.45. The molecule has 1 aliphatic heterocycles. The van der Waals surface area contributed by atoms with Crippen molar-refractivity contribution in [3.63, 3.8) is 0 Å². The maximum absolute atomic E-state index is 11.2. The number of hydrogen-bond donors (Lipinski definition) is 1. The number of ketones is 1. The van der Waals surface area contributed by atoms with Gasteiger partial charge in [-0.1, -0.05) is 30.0 Å². The van der Waals surface area contributed by atoms with Crippen LogP contribution in [0.2, 0.25) is 0 Å². The Morgan fingerprint density at radius 2 is 2.00 bits per heavy atom. The third kappa shape index (κ3) is 3.48. The van der Waals surface area contributed by atoms with Crippen molar-refractivity contribution >= 4 is 34.3 Å². The van der Waals surface area contributed by atoms with Gasteiger partial charge in [-0.05, 0) is 55.3 Å². The highest BCUT2D eigenvalue weighted by Gasteiger charge is 2.14. The molecule has 0 unspecified atom stereocenters. The first-order chi connectivity index (χ1) is 12.6. The summed E-state index contributed by atoms with van der Waals surface area (Å²) >= 11 is 1.68. The van der Waals surface area contributed by atoms with Crippen LogP contribution < -0.4 is 0 Å². The third-order valence-electron chi connectivity index (χ3n) is 4.20. The Bertz CT molecular complexity index is 1040. The first kappa shape index (κ1) is 16.8. The summed E-state index contributed by atoms with van der Waals surface area (Å²) in [5.74, 6) is 1.00. The first-order valence-corrected chi connectivity index (χ1v) is 9.37. The van der Waals surface area contributed by atoms with Crippen LogP contribution in [0.5, 0.6) is 0 Å². The molecule has 0 atom stereocenters. The van der Waals surface area contributed by atoms with Crippen molar-refractivity contribution in [2.45, 2.75) is 30.1 Å². The van der Waals surface area contributed by atoms with E-state index >= 15 is 0 Å². The molecule has 0 radical (unpaired) electrons. The second-order valence-electron chi connectivity index (χ2n) is 6.55. The van der Waals surface area contributed by atoms with Crippen molar-refractivity contribution in [1.29, 1.82) is 0 Å². The average molecular weight is 361 g/mol. The molecule has 5 heteroatoms. The molecule has 3 aromatic rings. The number of benzene rings is 2. The van der Waals surface area contributed by atoms with Gasteiger partial charge >= 0.3 is 0 Å². The van der Waals surface area contributed by atoms with Crippen molar-refractivity contribution in [2.75, 3.05) is 6.54 Å². The van der Waals surface area contributed by atoms with Crippen molar-refractivity contribution < 1.29 is 4.79 Å². The van der Waals surface area contributed by atoms with Gasteiger partial charge in [-0.15, -0.1) is 0 Å². The molecule has 1 N–H and O–H groups in total. The molecule has 0 aliphatic carbocycles. The van der Waals surface area contributed by atoms with E-state index in [0.717, 1.165) is 44.5 Å². The lowest BCUT2D eigenvalue weighted by molar-refractivity contribution is -0.116.